The van der Waals surface area contributed by atoms with Gasteiger partial charge in [-0.1, -0.05) is 27.7 Å². The van der Waals surface area contributed by atoms with E-state index >= 15 is 0 Å². The molecule has 0 aliphatic rings. The molecule has 0 spiro atoms. The van der Waals surface area contributed by atoms with Crippen molar-refractivity contribution in [1.82, 2.24) is 10.2 Å². The molecule has 5 heteroatoms. The van der Waals surface area contributed by atoms with Crippen molar-refractivity contribution in [2.24, 2.45) is 11.8 Å². The van der Waals surface area contributed by atoms with Crippen LogP contribution in [0.15, 0.2) is 0 Å². The second-order valence-corrected chi connectivity index (χ2v) is 6.19. The molecule has 0 aromatic heterocycles. The first-order chi connectivity index (χ1) is 10.0. The van der Waals surface area contributed by atoms with Gasteiger partial charge < -0.3 is 15.0 Å². The van der Waals surface area contributed by atoms with E-state index in [1.54, 1.807) is 0 Å². The number of hydrogen-bond donors (Lipinski definition) is 1. The largest absolute Gasteiger partial charge is 0.354 e. The Morgan fingerprint density at radius 3 is 1.41 bits per heavy atom. The molecule has 0 bridgehead atoms. The number of nitrogens with zero attached hydrogens (tertiary/aromatic N) is 1. The fourth-order valence-electron chi connectivity index (χ4n) is 1.56. The fourth-order valence-corrected chi connectivity index (χ4v) is 1.56. The fraction of sp³-hybridized carbons (Fsp3) is 0.824. The van der Waals surface area contributed by atoms with Crippen molar-refractivity contribution in [1.29, 1.82) is 0 Å². The smallest absolute Gasteiger partial charge is 0.225 e. The van der Waals surface area contributed by atoms with Crippen LogP contribution in [0.2, 0.25) is 0 Å². The maximum Gasteiger partial charge on any atom is 0.225 e. The summed E-state index contributed by atoms with van der Waals surface area (Å²) in [5.74, 6) is 0.609. The minimum atomic E-state index is 0.104. The van der Waals surface area contributed by atoms with E-state index in [4.69, 9.17) is 4.79 Å². The maximum atomic E-state index is 11.4. The highest BCUT2D eigenvalue weighted by Gasteiger charge is 2.17. The van der Waals surface area contributed by atoms with Gasteiger partial charge in [0.2, 0.25) is 11.8 Å². The predicted octanol–water partition coefficient (Wildman–Crippen LogP) is 2.88. The normalized spacial score (nSPS) is 9.86. The van der Waals surface area contributed by atoms with Crippen LogP contribution in [0.25, 0.3) is 0 Å². The van der Waals surface area contributed by atoms with Gasteiger partial charge in [-0.3, -0.25) is 9.59 Å². The summed E-state index contributed by atoms with van der Waals surface area (Å²) in [6.45, 7) is 20.5. The number of nitrogens with one attached hydrogen (secondary N) is 1. The van der Waals surface area contributed by atoms with E-state index in [0.717, 1.165) is 6.54 Å². The van der Waals surface area contributed by atoms with Crippen LogP contribution < -0.4 is 5.32 Å². The van der Waals surface area contributed by atoms with Gasteiger partial charge in [0.15, 0.2) is 0 Å². The molecule has 2 amide bonds. The number of rotatable bonds is 5. The van der Waals surface area contributed by atoms with Crippen LogP contribution in [0, 0.1) is 11.8 Å². The monoisotopic (exact) mass is 316 g/mol. The summed E-state index contributed by atoms with van der Waals surface area (Å²) in [6, 6.07) is 0.592. The summed E-state index contributed by atoms with van der Waals surface area (Å²) >= 11 is 0. The van der Waals surface area contributed by atoms with Gasteiger partial charge in [0.05, 0.1) is 0 Å². The van der Waals surface area contributed by atoms with Crippen molar-refractivity contribution in [3.63, 3.8) is 0 Å². The van der Waals surface area contributed by atoms with Crippen LogP contribution >= 0.6 is 0 Å². The highest BCUT2D eigenvalue weighted by Crippen LogP contribution is 2.05. The van der Waals surface area contributed by atoms with Crippen LogP contribution in [-0.4, -0.2) is 42.1 Å². The molecule has 0 aromatic rings. The zero-order valence-electron chi connectivity index (χ0n) is 15.9. The highest BCUT2D eigenvalue weighted by molar-refractivity contribution is 5.78. The van der Waals surface area contributed by atoms with Gasteiger partial charge in [-0.2, -0.15) is 0 Å². The van der Waals surface area contributed by atoms with E-state index < -0.39 is 0 Å². The Morgan fingerprint density at radius 1 is 0.909 bits per heavy atom. The Hall–Kier alpha value is -1.39. The van der Waals surface area contributed by atoms with Crippen LogP contribution in [0.4, 0.5) is 0 Å². The van der Waals surface area contributed by atoms with Gasteiger partial charge in [0, 0.05) is 30.5 Å². The van der Waals surface area contributed by atoms with E-state index in [9.17, 15) is 9.59 Å². The van der Waals surface area contributed by atoms with E-state index in [1.165, 1.54) is 0 Å². The second-order valence-electron chi connectivity index (χ2n) is 6.19. The third-order valence-electron chi connectivity index (χ3n) is 2.70. The minimum absolute atomic E-state index is 0.104. The summed E-state index contributed by atoms with van der Waals surface area (Å²) < 4.78 is 0. The first-order valence-corrected chi connectivity index (χ1v) is 7.94. The van der Waals surface area contributed by atoms with Gasteiger partial charge in [0.25, 0.3) is 0 Å². The summed E-state index contributed by atoms with van der Waals surface area (Å²) in [6.07, 6.45) is 0. The quantitative estimate of drug-likeness (QED) is 0.848. The van der Waals surface area contributed by atoms with Crippen molar-refractivity contribution in [2.75, 3.05) is 6.54 Å². The molecule has 1 N–H and O–H groups in total. The number of amides is 2. The zero-order valence-corrected chi connectivity index (χ0v) is 15.9. The Kier molecular flexibility index (Phi) is 16.9. The van der Waals surface area contributed by atoms with E-state index in [1.807, 2.05) is 74.0 Å². The van der Waals surface area contributed by atoms with Crippen molar-refractivity contribution >= 4 is 18.6 Å². The van der Waals surface area contributed by atoms with Crippen LogP contribution in [0.3, 0.4) is 0 Å². The molecule has 132 valence electrons. The summed E-state index contributed by atoms with van der Waals surface area (Å²) in [7, 11) is 0. The molecule has 0 heterocycles. The van der Waals surface area contributed by atoms with Crippen molar-refractivity contribution in [3.05, 3.63) is 0 Å². The van der Waals surface area contributed by atoms with Crippen LogP contribution in [0.5, 0.6) is 0 Å². The van der Waals surface area contributed by atoms with Gasteiger partial charge >= 0.3 is 0 Å². The molecule has 0 atom stereocenters. The second kappa shape index (κ2) is 14.5. The molecule has 0 unspecified atom stereocenters. The first kappa shape index (κ1) is 25.6. The SMILES string of the molecule is C=O.CC(C)NC(=O)C(C)C.CCN(C(=O)C(C)C)C(C)C. The van der Waals surface area contributed by atoms with Gasteiger partial charge in [-0.25, -0.2) is 0 Å². The average Bonchev–Trinajstić information content (AvgIpc) is 2.41. The lowest BCUT2D eigenvalue weighted by Gasteiger charge is -2.26. The molecular weight excluding hydrogens is 280 g/mol. The van der Waals surface area contributed by atoms with Crippen LogP contribution in [-0.2, 0) is 14.4 Å². The molecule has 0 saturated carbocycles. The standard InChI is InChI=1S/C9H19NO.C7H15NO.CH2O/c1-6-10(8(4)5)9(11)7(2)3;1-5(2)7(9)8-6(3)4;1-2/h7-8H,6H2,1-5H3;5-6H,1-4H3,(H,8,9);1H2. The van der Waals surface area contributed by atoms with Gasteiger partial charge in [-0.05, 0) is 34.6 Å². The van der Waals surface area contributed by atoms with E-state index in [0.29, 0.717) is 6.04 Å². The zero-order chi connectivity index (χ0) is 18.5. The lowest BCUT2D eigenvalue weighted by Crippen LogP contribution is -2.39. The van der Waals surface area contributed by atoms with E-state index in [-0.39, 0.29) is 29.7 Å². The Bertz CT molecular complexity index is 300. The predicted molar refractivity (Wildman–Crippen MR) is 92.6 cm³/mol. The van der Waals surface area contributed by atoms with Crippen molar-refractivity contribution < 1.29 is 14.4 Å². The average molecular weight is 316 g/mol. The van der Waals surface area contributed by atoms with Crippen LogP contribution in [0.1, 0.15) is 62.3 Å². The molecule has 0 aliphatic heterocycles. The third kappa shape index (κ3) is 13.6. The summed E-state index contributed by atoms with van der Waals surface area (Å²) in [5, 5.41) is 2.80. The van der Waals surface area contributed by atoms with Crippen molar-refractivity contribution in [3.8, 4) is 0 Å². The summed E-state index contributed by atoms with van der Waals surface area (Å²) in [5.41, 5.74) is 0. The topological polar surface area (TPSA) is 66.5 Å². The Balaban J connectivity index is -0.000000299. The molecule has 0 fully saturated rings. The Morgan fingerprint density at radius 2 is 1.32 bits per heavy atom. The first-order valence-electron chi connectivity index (χ1n) is 7.94. The van der Waals surface area contributed by atoms with Crippen molar-refractivity contribution in [2.45, 2.75) is 74.4 Å². The number of carbonyl (C=O) groups excluding carboxylic acids is 3. The third-order valence-corrected chi connectivity index (χ3v) is 2.70. The molecule has 0 rings (SSSR count). The maximum absolute atomic E-state index is 11.4. The molecule has 0 aromatic carbocycles. The molecule has 0 aliphatic carbocycles. The Labute approximate surface area is 136 Å². The molecular formula is C17H36N2O3. The number of carbonyl (C=O) groups is 3. The summed E-state index contributed by atoms with van der Waals surface area (Å²) in [4.78, 5) is 32.2. The lowest BCUT2D eigenvalue weighted by molar-refractivity contribution is -0.135. The number of hydrogen-bond acceptors (Lipinski definition) is 3. The van der Waals surface area contributed by atoms with Gasteiger partial charge in [-0.15, -0.1) is 0 Å². The van der Waals surface area contributed by atoms with E-state index in [2.05, 4.69) is 5.32 Å². The highest BCUT2D eigenvalue weighted by atomic mass is 16.2. The molecule has 0 saturated heterocycles. The minimum Gasteiger partial charge on any atom is -0.354 e. The molecule has 5 nitrogen and oxygen atoms in total. The molecule has 0 radical (unpaired) electrons. The van der Waals surface area contributed by atoms with Gasteiger partial charge in [0.1, 0.15) is 6.79 Å². The lowest BCUT2D eigenvalue weighted by atomic mass is 10.1. The molecule has 22 heavy (non-hydrogen) atoms.